The van der Waals surface area contributed by atoms with Gasteiger partial charge in [0.05, 0.1) is 11.8 Å². The summed E-state index contributed by atoms with van der Waals surface area (Å²) in [5.74, 6) is -3.09. The zero-order valence-electron chi connectivity index (χ0n) is 15.7. The molecule has 1 N–H and O–H groups in total. The second-order valence-corrected chi connectivity index (χ2v) is 8.19. The van der Waals surface area contributed by atoms with E-state index in [0.717, 1.165) is 11.8 Å². The molecule has 0 bridgehead atoms. The summed E-state index contributed by atoms with van der Waals surface area (Å²) in [5, 5.41) is 13.2. The Morgan fingerprint density at radius 3 is 2.62 bits per heavy atom. The van der Waals surface area contributed by atoms with Crippen molar-refractivity contribution in [3.63, 3.8) is 0 Å². The number of nitrogens with one attached hydrogen (secondary N) is 1. The average Bonchev–Trinajstić information content (AvgIpc) is 3.12. The van der Waals surface area contributed by atoms with Crippen LogP contribution < -0.4 is 5.32 Å². The molecule has 1 amide bonds. The standard InChI is InChI=1S/C19H18FN3O4S2/c1-11-9-29-18(22-11)15(7-21)16(24)8-27-19(26)12(2)28-10-17(25)23-14-5-3-13(20)4-6-14/h3-6,9,12,15H,8,10H2,1-2H3,(H,23,25)/t12-,15+/m0/s1. The van der Waals surface area contributed by atoms with Gasteiger partial charge in [0, 0.05) is 16.8 Å². The minimum atomic E-state index is -1.08. The highest BCUT2D eigenvalue weighted by Gasteiger charge is 2.25. The lowest BCUT2D eigenvalue weighted by Gasteiger charge is -2.12. The molecule has 1 aromatic carbocycles. The predicted molar refractivity (Wildman–Crippen MR) is 108 cm³/mol. The first-order valence-electron chi connectivity index (χ1n) is 8.48. The van der Waals surface area contributed by atoms with Gasteiger partial charge in [-0.1, -0.05) is 0 Å². The Morgan fingerprint density at radius 2 is 2.03 bits per heavy atom. The van der Waals surface area contributed by atoms with Crippen molar-refractivity contribution in [2.24, 2.45) is 0 Å². The molecular weight excluding hydrogens is 417 g/mol. The molecule has 0 radical (unpaired) electrons. The zero-order valence-corrected chi connectivity index (χ0v) is 17.3. The number of thioether (sulfide) groups is 1. The minimum absolute atomic E-state index is 0.0270. The van der Waals surface area contributed by atoms with Crippen LogP contribution in [0.1, 0.15) is 23.5 Å². The number of benzene rings is 1. The van der Waals surface area contributed by atoms with Gasteiger partial charge in [-0.3, -0.25) is 14.4 Å². The van der Waals surface area contributed by atoms with Crippen molar-refractivity contribution in [3.8, 4) is 6.07 Å². The SMILES string of the molecule is Cc1csc([C@H](C#N)C(=O)COC(=O)[C@H](C)SCC(=O)Nc2ccc(F)cc2)n1. The van der Waals surface area contributed by atoms with Crippen molar-refractivity contribution < 1.29 is 23.5 Å². The summed E-state index contributed by atoms with van der Waals surface area (Å²) in [6, 6.07) is 7.18. The molecule has 1 aromatic heterocycles. The van der Waals surface area contributed by atoms with Crippen LogP contribution in [0.15, 0.2) is 29.6 Å². The molecule has 2 rings (SSSR count). The molecule has 7 nitrogen and oxygen atoms in total. The topological polar surface area (TPSA) is 109 Å². The van der Waals surface area contributed by atoms with Crippen molar-refractivity contribution >= 4 is 46.4 Å². The molecule has 29 heavy (non-hydrogen) atoms. The van der Waals surface area contributed by atoms with E-state index in [4.69, 9.17) is 4.74 Å². The van der Waals surface area contributed by atoms with E-state index in [1.807, 2.05) is 6.07 Å². The number of aromatic nitrogens is 1. The number of amides is 1. The summed E-state index contributed by atoms with van der Waals surface area (Å²) in [6.45, 7) is 2.76. The van der Waals surface area contributed by atoms with E-state index < -0.39 is 35.3 Å². The number of hydrogen-bond donors (Lipinski definition) is 1. The fourth-order valence-corrected chi connectivity index (χ4v) is 3.65. The number of halogens is 1. The number of ether oxygens (including phenoxy) is 1. The maximum Gasteiger partial charge on any atom is 0.319 e. The van der Waals surface area contributed by atoms with Crippen LogP contribution >= 0.6 is 23.1 Å². The highest BCUT2D eigenvalue weighted by molar-refractivity contribution is 8.01. The minimum Gasteiger partial charge on any atom is -0.457 e. The quantitative estimate of drug-likeness (QED) is 0.603. The number of carbonyl (C=O) groups is 3. The summed E-state index contributed by atoms with van der Waals surface area (Å²) >= 11 is 2.23. The van der Waals surface area contributed by atoms with Crippen LogP contribution in [0, 0.1) is 24.1 Å². The van der Waals surface area contributed by atoms with Crippen LogP contribution in [-0.4, -0.2) is 40.3 Å². The Hall–Kier alpha value is -2.77. The number of nitriles is 1. The molecule has 0 aliphatic carbocycles. The van der Waals surface area contributed by atoms with E-state index in [2.05, 4.69) is 10.3 Å². The van der Waals surface area contributed by atoms with Crippen LogP contribution in [0.25, 0.3) is 0 Å². The van der Waals surface area contributed by atoms with E-state index in [1.165, 1.54) is 35.6 Å². The lowest BCUT2D eigenvalue weighted by Crippen LogP contribution is -2.25. The van der Waals surface area contributed by atoms with Crippen molar-refractivity contribution in [1.82, 2.24) is 4.98 Å². The van der Waals surface area contributed by atoms with Gasteiger partial charge in [0.1, 0.15) is 16.1 Å². The largest absolute Gasteiger partial charge is 0.457 e. The average molecular weight is 436 g/mol. The molecule has 0 fully saturated rings. The van der Waals surface area contributed by atoms with E-state index in [1.54, 1.807) is 19.2 Å². The Kier molecular flexibility index (Phi) is 8.30. The molecule has 0 aliphatic rings. The molecule has 10 heteroatoms. The number of carbonyl (C=O) groups excluding carboxylic acids is 3. The fourth-order valence-electron chi connectivity index (χ4n) is 2.11. The summed E-state index contributed by atoms with van der Waals surface area (Å²) in [5.41, 5.74) is 1.15. The normalized spacial score (nSPS) is 12.5. The van der Waals surface area contributed by atoms with Crippen LogP contribution in [0.4, 0.5) is 10.1 Å². The second kappa shape index (κ2) is 10.7. The first kappa shape index (κ1) is 22.5. The van der Waals surface area contributed by atoms with Crippen LogP contribution in [0.5, 0.6) is 0 Å². The third-order valence-corrected chi connectivity index (χ3v) is 5.76. The Balaban J connectivity index is 1.76. The third kappa shape index (κ3) is 6.96. The van der Waals surface area contributed by atoms with Gasteiger partial charge in [-0.15, -0.1) is 23.1 Å². The van der Waals surface area contributed by atoms with Crippen molar-refractivity contribution in [1.29, 1.82) is 5.26 Å². The number of ketones is 1. The maximum absolute atomic E-state index is 12.9. The van der Waals surface area contributed by atoms with Gasteiger partial charge in [-0.2, -0.15) is 5.26 Å². The van der Waals surface area contributed by atoms with Gasteiger partial charge < -0.3 is 10.1 Å². The molecular formula is C19H18FN3O4S2. The van der Waals surface area contributed by atoms with Gasteiger partial charge in [0.15, 0.2) is 18.3 Å². The van der Waals surface area contributed by atoms with Gasteiger partial charge in [-0.25, -0.2) is 9.37 Å². The maximum atomic E-state index is 12.9. The van der Waals surface area contributed by atoms with E-state index in [9.17, 15) is 24.0 Å². The molecule has 2 atom stereocenters. The summed E-state index contributed by atoms with van der Waals surface area (Å²) < 4.78 is 17.8. The van der Waals surface area contributed by atoms with Crippen LogP contribution in [-0.2, 0) is 19.1 Å². The molecule has 2 aromatic rings. The second-order valence-electron chi connectivity index (χ2n) is 5.97. The molecule has 0 aliphatic heterocycles. The lowest BCUT2D eigenvalue weighted by atomic mass is 10.1. The molecule has 152 valence electrons. The zero-order chi connectivity index (χ0) is 21.4. The van der Waals surface area contributed by atoms with Crippen molar-refractivity contribution in [2.75, 3.05) is 17.7 Å². The number of Topliss-reactive ketones (excluding diaryl/α,β-unsaturated/α-hetero) is 1. The third-order valence-electron chi connectivity index (χ3n) is 3.62. The first-order chi connectivity index (χ1) is 13.8. The van der Waals surface area contributed by atoms with E-state index >= 15 is 0 Å². The monoisotopic (exact) mass is 435 g/mol. The number of thiazole rings is 1. The molecule has 1 heterocycles. The summed E-state index contributed by atoms with van der Waals surface area (Å²) in [7, 11) is 0. The van der Waals surface area contributed by atoms with Crippen molar-refractivity contribution in [3.05, 3.63) is 46.2 Å². The van der Waals surface area contributed by atoms with E-state index in [0.29, 0.717) is 16.4 Å². The molecule has 0 saturated carbocycles. The highest BCUT2D eigenvalue weighted by atomic mass is 32.2. The highest BCUT2D eigenvalue weighted by Crippen LogP contribution is 2.21. The van der Waals surface area contributed by atoms with Crippen molar-refractivity contribution in [2.45, 2.75) is 25.0 Å². The van der Waals surface area contributed by atoms with Crippen LogP contribution in [0.3, 0.4) is 0 Å². The first-order valence-corrected chi connectivity index (χ1v) is 10.4. The van der Waals surface area contributed by atoms with Gasteiger partial charge in [-0.05, 0) is 38.1 Å². The Bertz CT molecular complexity index is 924. The number of rotatable bonds is 9. The predicted octanol–water partition coefficient (Wildman–Crippen LogP) is 3.07. The number of anilines is 1. The fraction of sp³-hybridized carbons (Fsp3) is 0.316. The Morgan fingerprint density at radius 1 is 1.34 bits per heavy atom. The number of hydrogen-bond acceptors (Lipinski definition) is 8. The number of esters is 1. The van der Waals surface area contributed by atoms with Crippen LogP contribution in [0.2, 0.25) is 0 Å². The molecule has 0 unspecified atom stereocenters. The van der Waals surface area contributed by atoms with Gasteiger partial charge in [0.2, 0.25) is 5.91 Å². The van der Waals surface area contributed by atoms with Gasteiger partial charge >= 0.3 is 5.97 Å². The smallest absolute Gasteiger partial charge is 0.319 e. The lowest BCUT2D eigenvalue weighted by molar-refractivity contribution is -0.147. The Labute approximate surface area is 175 Å². The van der Waals surface area contributed by atoms with E-state index in [-0.39, 0.29) is 11.7 Å². The summed E-state index contributed by atoms with van der Waals surface area (Å²) in [4.78, 5) is 40.2. The number of nitrogens with zero attached hydrogens (tertiary/aromatic N) is 2. The molecule has 0 saturated heterocycles. The summed E-state index contributed by atoms with van der Waals surface area (Å²) in [6.07, 6.45) is 0. The number of aryl methyl sites for hydroxylation is 1. The van der Waals surface area contributed by atoms with Gasteiger partial charge in [0.25, 0.3) is 0 Å². The molecule has 0 spiro atoms.